The maximum absolute atomic E-state index is 12.8. The summed E-state index contributed by atoms with van der Waals surface area (Å²) in [4.78, 5) is 21.4. The van der Waals surface area contributed by atoms with Gasteiger partial charge in [-0.15, -0.1) is 0 Å². The average molecular weight is 354 g/mol. The van der Waals surface area contributed by atoms with E-state index in [1.54, 1.807) is 17.8 Å². The molecule has 0 saturated carbocycles. The highest BCUT2D eigenvalue weighted by molar-refractivity contribution is 6.31. The van der Waals surface area contributed by atoms with Crippen molar-refractivity contribution in [1.82, 2.24) is 19.1 Å². The first-order valence-electron chi connectivity index (χ1n) is 7.83. The van der Waals surface area contributed by atoms with Crippen LogP contribution in [0.3, 0.4) is 0 Å². The molecule has 126 valence electrons. The van der Waals surface area contributed by atoms with Gasteiger partial charge < -0.3 is 9.88 Å². The summed E-state index contributed by atoms with van der Waals surface area (Å²) in [5, 5.41) is 4.53. The van der Waals surface area contributed by atoms with Gasteiger partial charge in [-0.05, 0) is 37.3 Å². The number of nitrogens with one attached hydrogen (secondary N) is 1. The Kier molecular flexibility index (Phi) is 3.51. The number of aryl methyl sites for hydroxylation is 2. The van der Waals surface area contributed by atoms with E-state index in [1.165, 1.54) is 0 Å². The molecule has 0 atom stereocenters. The Balaban J connectivity index is 2.32. The molecule has 1 N–H and O–H groups in total. The van der Waals surface area contributed by atoms with Crippen molar-refractivity contribution in [3.63, 3.8) is 0 Å². The second-order valence-electron chi connectivity index (χ2n) is 5.85. The van der Waals surface area contributed by atoms with E-state index >= 15 is 0 Å². The SMILES string of the molecule is CNc1nc(=O)n(-c2cccnc2C)c2c3cc(Cl)ccc3n(C)c12. The van der Waals surface area contributed by atoms with Crippen LogP contribution in [0.1, 0.15) is 5.69 Å². The number of hydrogen-bond donors (Lipinski definition) is 1. The number of benzene rings is 1. The van der Waals surface area contributed by atoms with Gasteiger partial charge in [-0.3, -0.25) is 9.55 Å². The molecule has 4 aromatic rings. The molecule has 3 heterocycles. The number of anilines is 1. The number of nitrogens with zero attached hydrogens (tertiary/aromatic N) is 4. The zero-order chi connectivity index (χ0) is 17.7. The summed E-state index contributed by atoms with van der Waals surface area (Å²) < 4.78 is 3.62. The van der Waals surface area contributed by atoms with E-state index in [1.807, 2.05) is 48.9 Å². The maximum atomic E-state index is 12.8. The third kappa shape index (κ3) is 2.21. The van der Waals surface area contributed by atoms with Gasteiger partial charge in [0.25, 0.3) is 0 Å². The molecule has 0 saturated heterocycles. The molecule has 0 aliphatic rings. The van der Waals surface area contributed by atoms with Crippen LogP contribution >= 0.6 is 11.6 Å². The zero-order valence-electron chi connectivity index (χ0n) is 14.0. The van der Waals surface area contributed by atoms with E-state index < -0.39 is 0 Å². The van der Waals surface area contributed by atoms with Gasteiger partial charge in [-0.25, -0.2) is 4.79 Å². The minimum atomic E-state index is -0.361. The number of halogens is 1. The smallest absolute Gasteiger partial charge is 0.354 e. The van der Waals surface area contributed by atoms with Crippen LogP contribution in [0.2, 0.25) is 5.02 Å². The maximum Gasteiger partial charge on any atom is 0.354 e. The number of fused-ring (bicyclic) bond motifs is 3. The van der Waals surface area contributed by atoms with Crippen LogP contribution in [0.4, 0.5) is 5.82 Å². The lowest BCUT2D eigenvalue weighted by Gasteiger charge is -2.12. The monoisotopic (exact) mass is 353 g/mol. The topological polar surface area (TPSA) is 64.7 Å². The molecular weight excluding hydrogens is 338 g/mol. The number of rotatable bonds is 2. The first kappa shape index (κ1) is 15.7. The molecule has 0 amide bonds. The molecule has 0 bridgehead atoms. The van der Waals surface area contributed by atoms with Crippen molar-refractivity contribution in [2.45, 2.75) is 6.92 Å². The predicted octanol–water partition coefficient (Wildman–Crippen LogP) is 3.28. The molecule has 0 fully saturated rings. The highest BCUT2D eigenvalue weighted by Crippen LogP contribution is 2.33. The summed E-state index contributed by atoms with van der Waals surface area (Å²) in [6.07, 6.45) is 1.70. The van der Waals surface area contributed by atoms with Crippen molar-refractivity contribution in [2.24, 2.45) is 7.05 Å². The Morgan fingerprint density at radius 1 is 1.20 bits per heavy atom. The summed E-state index contributed by atoms with van der Waals surface area (Å²) in [5.41, 5.74) is 3.67. The fourth-order valence-corrected chi connectivity index (χ4v) is 3.47. The zero-order valence-corrected chi connectivity index (χ0v) is 14.8. The Labute approximate surface area is 148 Å². The molecule has 0 aliphatic carbocycles. The van der Waals surface area contributed by atoms with Gasteiger partial charge in [0, 0.05) is 30.7 Å². The molecular formula is C18H16ClN5O. The van der Waals surface area contributed by atoms with Crippen LogP contribution < -0.4 is 11.0 Å². The van der Waals surface area contributed by atoms with Crippen molar-refractivity contribution in [2.75, 3.05) is 12.4 Å². The van der Waals surface area contributed by atoms with E-state index in [2.05, 4.69) is 15.3 Å². The predicted molar refractivity (Wildman–Crippen MR) is 101 cm³/mol. The summed E-state index contributed by atoms with van der Waals surface area (Å²) in [6, 6.07) is 9.34. The van der Waals surface area contributed by atoms with Crippen LogP contribution in [-0.4, -0.2) is 26.1 Å². The lowest BCUT2D eigenvalue weighted by atomic mass is 10.2. The van der Waals surface area contributed by atoms with Gasteiger partial charge in [0.1, 0.15) is 5.52 Å². The molecule has 0 aliphatic heterocycles. The van der Waals surface area contributed by atoms with Crippen LogP contribution in [0.15, 0.2) is 41.3 Å². The van der Waals surface area contributed by atoms with E-state index in [9.17, 15) is 4.79 Å². The number of aromatic nitrogens is 4. The molecule has 0 radical (unpaired) electrons. The Morgan fingerprint density at radius 3 is 2.72 bits per heavy atom. The minimum absolute atomic E-state index is 0.361. The number of hydrogen-bond acceptors (Lipinski definition) is 4. The van der Waals surface area contributed by atoms with Crippen molar-refractivity contribution in [1.29, 1.82) is 0 Å². The Morgan fingerprint density at radius 2 is 2.00 bits per heavy atom. The van der Waals surface area contributed by atoms with Gasteiger partial charge in [0.05, 0.1) is 22.4 Å². The normalized spacial score (nSPS) is 11.4. The van der Waals surface area contributed by atoms with Crippen molar-refractivity contribution in [3.8, 4) is 5.69 Å². The van der Waals surface area contributed by atoms with Crippen LogP contribution in [0, 0.1) is 6.92 Å². The summed E-state index contributed by atoms with van der Waals surface area (Å²) >= 11 is 6.23. The fourth-order valence-electron chi connectivity index (χ4n) is 3.30. The Bertz CT molecular complexity index is 1190. The minimum Gasteiger partial charge on any atom is -0.371 e. The van der Waals surface area contributed by atoms with E-state index in [0.717, 1.165) is 27.6 Å². The average Bonchev–Trinajstić information content (AvgIpc) is 2.88. The highest BCUT2D eigenvalue weighted by atomic mass is 35.5. The first-order chi connectivity index (χ1) is 12.0. The van der Waals surface area contributed by atoms with Crippen molar-refractivity contribution >= 4 is 39.4 Å². The molecule has 3 aromatic heterocycles. The lowest BCUT2D eigenvalue weighted by Crippen LogP contribution is -2.24. The van der Waals surface area contributed by atoms with Crippen molar-refractivity contribution in [3.05, 3.63) is 57.7 Å². The summed E-state index contributed by atoms with van der Waals surface area (Å²) in [5.74, 6) is 0.535. The molecule has 6 nitrogen and oxygen atoms in total. The van der Waals surface area contributed by atoms with E-state index in [-0.39, 0.29) is 5.69 Å². The highest BCUT2D eigenvalue weighted by Gasteiger charge is 2.20. The van der Waals surface area contributed by atoms with Gasteiger partial charge in [0.15, 0.2) is 5.82 Å². The molecule has 0 unspecified atom stereocenters. The lowest BCUT2D eigenvalue weighted by molar-refractivity contribution is 0.925. The Hall–Kier alpha value is -2.86. The molecule has 0 spiro atoms. The standard InChI is InChI=1S/C18H16ClN5O/c1-10-13(5-4-8-21-10)24-15-12-9-11(19)6-7-14(12)23(3)16(15)17(20-2)22-18(24)25/h4-9H,1-3H3,(H,20,22,25). The van der Waals surface area contributed by atoms with Gasteiger partial charge in [-0.1, -0.05) is 11.6 Å². The van der Waals surface area contributed by atoms with E-state index in [0.29, 0.717) is 16.5 Å². The fraction of sp³-hybridized carbons (Fsp3) is 0.167. The summed E-state index contributed by atoms with van der Waals surface area (Å²) in [7, 11) is 3.71. The molecule has 7 heteroatoms. The van der Waals surface area contributed by atoms with Gasteiger partial charge >= 0.3 is 5.69 Å². The summed E-state index contributed by atoms with van der Waals surface area (Å²) in [6.45, 7) is 1.87. The van der Waals surface area contributed by atoms with Crippen molar-refractivity contribution < 1.29 is 0 Å². The third-order valence-electron chi connectivity index (χ3n) is 4.44. The molecule has 25 heavy (non-hydrogen) atoms. The largest absolute Gasteiger partial charge is 0.371 e. The van der Waals surface area contributed by atoms with Crippen LogP contribution in [0.25, 0.3) is 27.6 Å². The quantitative estimate of drug-likeness (QED) is 0.600. The second-order valence-corrected chi connectivity index (χ2v) is 6.29. The molecule has 1 aromatic carbocycles. The van der Waals surface area contributed by atoms with Crippen LogP contribution in [-0.2, 0) is 7.05 Å². The second kappa shape index (κ2) is 5.60. The molecule has 4 rings (SSSR count). The third-order valence-corrected chi connectivity index (χ3v) is 4.67. The first-order valence-corrected chi connectivity index (χ1v) is 8.21. The van der Waals surface area contributed by atoms with Gasteiger partial charge in [-0.2, -0.15) is 4.98 Å². The van der Waals surface area contributed by atoms with Crippen LogP contribution in [0.5, 0.6) is 0 Å². The number of pyridine rings is 1. The van der Waals surface area contributed by atoms with E-state index in [4.69, 9.17) is 11.6 Å². The van der Waals surface area contributed by atoms with Gasteiger partial charge in [0.2, 0.25) is 0 Å².